The molecule has 0 aliphatic carbocycles. The monoisotopic (exact) mass is 294 g/mol. The van der Waals surface area contributed by atoms with E-state index in [1.165, 1.54) is 12.1 Å². The van der Waals surface area contributed by atoms with Gasteiger partial charge in [0.1, 0.15) is 5.82 Å². The predicted octanol–water partition coefficient (Wildman–Crippen LogP) is 4.22. The zero-order chi connectivity index (χ0) is 12.4. The highest BCUT2D eigenvalue weighted by Crippen LogP contribution is 2.27. The van der Waals surface area contributed by atoms with Crippen LogP contribution in [0.25, 0.3) is 0 Å². The van der Waals surface area contributed by atoms with Gasteiger partial charge in [0.05, 0.1) is 11.4 Å². The van der Waals surface area contributed by atoms with Crippen molar-refractivity contribution in [1.29, 1.82) is 0 Å². The second kappa shape index (κ2) is 4.75. The van der Waals surface area contributed by atoms with E-state index in [1.54, 1.807) is 6.07 Å². The number of rotatable bonds is 2. The maximum atomic E-state index is 13.1. The van der Waals surface area contributed by atoms with E-state index in [2.05, 4.69) is 21.2 Å². The SMILES string of the molecule is Cc1cc(Br)ccc1Nc1cc(F)ccc1N. The molecule has 2 nitrogen and oxygen atoms in total. The Balaban J connectivity index is 2.34. The van der Waals surface area contributed by atoms with Gasteiger partial charge in [-0.05, 0) is 48.9 Å². The molecule has 0 unspecified atom stereocenters. The molecule has 2 rings (SSSR count). The summed E-state index contributed by atoms with van der Waals surface area (Å²) in [6.45, 7) is 1.97. The average Bonchev–Trinajstić information content (AvgIpc) is 2.27. The molecule has 2 aromatic rings. The lowest BCUT2D eigenvalue weighted by atomic mass is 10.2. The predicted molar refractivity (Wildman–Crippen MR) is 73.0 cm³/mol. The van der Waals surface area contributed by atoms with E-state index in [0.717, 1.165) is 15.7 Å². The van der Waals surface area contributed by atoms with Gasteiger partial charge in [-0.1, -0.05) is 15.9 Å². The molecule has 2 aromatic carbocycles. The summed E-state index contributed by atoms with van der Waals surface area (Å²) in [5.74, 6) is -0.309. The standard InChI is InChI=1S/C13H12BrFN2/c1-8-6-9(14)2-5-12(8)17-13-7-10(15)3-4-11(13)16/h2-7,17H,16H2,1H3. The van der Waals surface area contributed by atoms with Crippen molar-refractivity contribution in [3.05, 3.63) is 52.3 Å². The quantitative estimate of drug-likeness (QED) is 0.814. The largest absolute Gasteiger partial charge is 0.397 e. The van der Waals surface area contributed by atoms with Gasteiger partial charge in [-0.15, -0.1) is 0 Å². The van der Waals surface area contributed by atoms with Crippen molar-refractivity contribution in [2.24, 2.45) is 0 Å². The Morgan fingerprint density at radius 3 is 2.59 bits per heavy atom. The van der Waals surface area contributed by atoms with Crippen LogP contribution in [0.3, 0.4) is 0 Å². The van der Waals surface area contributed by atoms with Crippen molar-refractivity contribution in [3.8, 4) is 0 Å². The van der Waals surface area contributed by atoms with Gasteiger partial charge < -0.3 is 11.1 Å². The van der Waals surface area contributed by atoms with Crippen molar-refractivity contribution < 1.29 is 4.39 Å². The topological polar surface area (TPSA) is 38.0 Å². The summed E-state index contributed by atoms with van der Waals surface area (Å²) in [6, 6.07) is 10.1. The minimum atomic E-state index is -0.309. The first kappa shape index (κ1) is 11.9. The summed E-state index contributed by atoms with van der Waals surface area (Å²) in [6.07, 6.45) is 0. The average molecular weight is 295 g/mol. The Morgan fingerprint density at radius 1 is 1.12 bits per heavy atom. The van der Waals surface area contributed by atoms with Crippen LogP contribution in [0.2, 0.25) is 0 Å². The van der Waals surface area contributed by atoms with Crippen LogP contribution in [0.4, 0.5) is 21.5 Å². The molecule has 0 radical (unpaired) electrons. The molecule has 88 valence electrons. The molecule has 0 fully saturated rings. The fourth-order valence-corrected chi connectivity index (χ4v) is 2.02. The maximum absolute atomic E-state index is 13.1. The van der Waals surface area contributed by atoms with Crippen molar-refractivity contribution in [1.82, 2.24) is 0 Å². The molecule has 0 bridgehead atoms. The summed E-state index contributed by atoms with van der Waals surface area (Å²) in [7, 11) is 0. The molecule has 0 heterocycles. The van der Waals surface area contributed by atoms with E-state index in [4.69, 9.17) is 5.73 Å². The molecule has 0 aromatic heterocycles. The molecule has 4 heteroatoms. The van der Waals surface area contributed by atoms with Crippen LogP contribution in [-0.2, 0) is 0 Å². The lowest BCUT2D eigenvalue weighted by molar-refractivity contribution is 0.628. The summed E-state index contributed by atoms with van der Waals surface area (Å²) in [4.78, 5) is 0. The first-order chi connectivity index (χ1) is 8.06. The van der Waals surface area contributed by atoms with Crippen molar-refractivity contribution in [2.75, 3.05) is 11.1 Å². The van der Waals surface area contributed by atoms with Gasteiger partial charge in [-0.3, -0.25) is 0 Å². The van der Waals surface area contributed by atoms with Crippen LogP contribution in [0, 0.1) is 12.7 Å². The van der Waals surface area contributed by atoms with Gasteiger partial charge in [0.2, 0.25) is 0 Å². The Hall–Kier alpha value is -1.55. The Morgan fingerprint density at radius 2 is 1.88 bits per heavy atom. The third-order valence-corrected chi connectivity index (χ3v) is 2.97. The number of nitrogens with two attached hydrogens (primary N) is 1. The summed E-state index contributed by atoms with van der Waals surface area (Å²) < 4.78 is 14.1. The molecular weight excluding hydrogens is 283 g/mol. The Labute approximate surface area is 108 Å². The summed E-state index contributed by atoms with van der Waals surface area (Å²) >= 11 is 3.40. The molecule has 3 N–H and O–H groups in total. The van der Waals surface area contributed by atoms with Crippen LogP contribution in [0.1, 0.15) is 5.56 Å². The van der Waals surface area contributed by atoms with Crippen LogP contribution >= 0.6 is 15.9 Å². The van der Waals surface area contributed by atoms with Gasteiger partial charge in [-0.2, -0.15) is 0 Å². The van der Waals surface area contributed by atoms with Crippen LogP contribution in [0.15, 0.2) is 40.9 Å². The number of hydrogen-bond donors (Lipinski definition) is 2. The third kappa shape index (κ3) is 2.77. The molecule has 0 atom stereocenters. The highest BCUT2D eigenvalue weighted by molar-refractivity contribution is 9.10. The fraction of sp³-hybridized carbons (Fsp3) is 0.0769. The number of nitrogen functional groups attached to an aromatic ring is 1. The fourth-order valence-electron chi connectivity index (χ4n) is 1.55. The van der Waals surface area contributed by atoms with Crippen molar-refractivity contribution >= 4 is 33.0 Å². The van der Waals surface area contributed by atoms with Gasteiger partial charge in [0, 0.05) is 10.2 Å². The molecular formula is C13H12BrFN2. The zero-order valence-electron chi connectivity index (χ0n) is 9.30. The molecule has 0 spiro atoms. The number of hydrogen-bond acceptors (Lipinski definition) is 2. The summed E-state index contributed by atoms with van der Waals surface area (Å²) in [5, 5.41) is 3.12. The van der Waals surface area contributed by atoms with Gasteiger partial charge in [0.25, 0.3) is 0 Å². The third-order valence-electron chi connectivity index (χ3n) is 2.47. The van der Waals surface area contributed by atoms with E-state index in [9.17, 15) is 4.39 Å². The van der Waals surface area contributed by atoms with Gasteiger partial charge in [-0.25, -0.2) is 4.39 Å². The number of aryl methyl sites for hydroxylation is 1. The number of anilines is 3. The molecule has 0 saturated carbocycles. The lowest BCUT2D eigenvalue weighted by Gasteiger charge is -2.12. The number of halogens is 2. The second-order valence-corrected chi connectivity index (χ2v) is 4.73. The normalized spacial score (nSPS) is 10.3. The molecule has 0 amide bonds. The molecule has 0 saturated heterocycles. The maximum Gasteiger partial charge on any atom is 0.125 e. The summed E-state index contributed by atoms with van der Waals surface area (Å²) in [5.41, 5.74) is 8.85. The van der Waals surface area contributed by atoms with Crippen molar-refractivity contribution in [3.63, 3.8) is 0 Å². The highest BCUT2D eigenvalue weighted by Gasteiger charge is 2.04. The van der Waals surface area contributed by atoms with E-state index < -0.39 is 0 Å². The van der Waals surface area contributed by atoms with E-state index in [-0.39, 0.29) is 5.82 Å². The van der Waals surface area contributed by atoms with Crippen LogP contribution in [0.5, 0.6) is 0 Å². The smallest absolute Gasteiger partial charge is 0.125 e. The minimum absolute atomic E-state index is 0.309. The minimum Gasteiger partial charge on any atom is -0.397 e. The highest BCUT2D eigenvalue weighted by atomic mass is 79.9. The van der Waals surface area contributed by atoms with Crippen LogP contribution in [-0.4, -0.2) is 0 Å². The van der Waals surface area contributed by atoms with Gasteiger partial charge >= 0.3 is 0 Å². The first-order valence-electron chi connectivity index (χ1n) is 5.14. The number of benzene rings is 2. The van der Waals surface area contributed by atoms with E-state index >= 15 is 0 Å². The first-order valence-corrected chi connectivity index (χ1v) is 5.94. The lowest BCUT2D eigenvalue weighted by Crippen LogP contribution is -1.98. The van der Waals surface area contributed by atoms with Crippen LogP contribution < -0.4 is 11.1 Å². The van der Waals surface area contributed by atoms with E-state index in [0.29, 0.717) is 11.4 Å². The zero-order valence-corrected chi connectivity index (χ0v) is 10.9. The Kier molecular flexibility index (Phi) is 3.33. The molecule has 0 aliphatic rings. The van der Waals surface area contributed by atoms with E-state index in [1.807, 2.05) is 25.1 Å². The molecule has 0 aliphatic heterocycles. The molecule has 17 heavy (non-hydrogen) atoms. The Bertz CT molecular complexity index is 555. The van der Waals surface area contributed by atoms with Gasteiger partial charge in [0.15, 0.2) is 0 Å². The van der Waals surface area contributed by atoms with Crippen molar-refractivity contribution in [2.45, 2.75) is 6.92 Å². The number of nitrogens with one attached hydrogen (secondary N) is 1. The second-order valence-electron chi connectivity index (χ2n) is 3.82.